The second-order valence-corrected chi connectivity index (χ2v) is 6.42. The van der Waals surface area contributed by atoms with Crippen LogP contribution < -0.4 is 5.32 Å². The Kier molecular flexibility index (Phi) is 4.27. The van der Waals surface area contributed by atoms with Crippen LogP contribution >= 0.6 is 22.9 Å². The van der Waals surface area contributed by atoms with E-state index in [0.717, 1.165) is 15.2 Å². The van der Waals surface area contributed by atoms with Crippen LogP contribution in [-0.2, 0) is 6.54 Å². The van der Waals surface area contributed by atoms with Crippen LogP contribution in [0.3, 0.4) is 0 Å². The number of rotatable bonds is 3. The maximum absolute atomic E-state index is 12.2. The van der Waals surface area contributed by atoms with E-state index in [1.165, 1.54) is 0 Å². The fourth-order valence-electron chi connectivity index (χ4n) is 2.01. The molecule has 0 saturated heterocycles. The lowest BCUT2D eigenvalue weighted by Gasteiger charge is -2.16. The Morgan fingerprint density at radius 2 is 1.95 bits per heavy atom. The second kappa shape index (κ2) is 6.34. The molecule has 3 aromatic rings. The Hall–Kier alpha value is -2.11. The molecule has 0 fully saturated rings. The summed E-state index contributed by atoms with van der Waals surface area (Å²) in [5.41, 5.74) is 1.68. The van der Waals surface area contributed by atoms with Crippen LogP contribution in [0.1, 0.15) is 5.01 Å². The molecular formula is C16H14ClN3OS. The molecule has 112 valence electrons. The Balaban J connectivity index is 1.66. The van der Waals surface area contributed by atoms with E-state index in [1.807, 2.05) is 24.3 Å². The van der Waals surface area contributed by atoms with Gasteiger partial charge in [-0.2, -0.15) is 0 Å². The molecule has 0 atom stereocenters. The lowest BCUT2D eigenvalue weighted by Crippen LogP contribution is -2.30. The molecule has 1 heterocycles. The van der Waals surface area contributed by atoms with E-state index in [4.69, 9.17) is 11.6 Å². The average Bonchev–Trinajstić information content (AvgIpc) is 2.91. The first-order valence-electron chi connectivity index (χ1n) is 6.74. The predicted molar refractivity (Wildman–Crippen MR) is 91.6 cm³/mol. The molecule has 2 aromatic carbocycles. The number of carbonyl (C=O) groups is 1. The molecule has 0 radical (unpaired) electrons. The van der Waals surface area contributed by atoms with E-state index in [-0.39, 0.29) is 6.03 Å². The third-order valence-corrected chi connectivity index (χ3v) is 4.43. The number of anilines is 1. The number of nitrogens with zero attached hydrogens (tertiary/aromatic N) is 2. The molecule has 2 amide bonds. The molecule has 0 unspecified atom stereocenters. The number of para-hydroxylation sites is 1. The first-order chi connectivity index (χ1) is 10.6. The minimum Gasteiger partial charge on any atom is -0.321 e. The van der Waals surface area contributed by atoms with E-state index in [0.29, 0.717) is 17.3 Å². The van der Waals surface area contributed by atoms with Crippen molar-refractivity contribution >= 4 is 44.9 Å². The molecule has 0 saturated carbocycles. The summed E-state index contributed by atoms with van der Waals surface area (Å²) >= 11 is 7.43. The first-order valence-corrected chi connectivity index (χ1v) is 7.93. The molecule has 22 heavy (non-hydrogen) atoms. The monoisotopic (exact) mass is 331 g/mol. The van der Waals surface area contributed by atoms with Gasteiger partial charge in [-0.3, -0.25) is 0 Å². The lowest BCUT2D eigenvalue weighted by atomic mass is 10.3. The van der Waals surface area contributed by atoms with E-state index in [1.54, 1.807) is 47.5 Å². The number of nitrogens with one attached hydrogen (secondary N) is 1. The SMILES string of the molecule is CN(Cc1nc2ccccc2s1)C(=O)Nc1ccc(Cl)cc1. The van der Waals surface area contributed by atoms with Crippen molar-refractivity contribution in [2.24, 2.45) is 0 Å². The molecule has 0 aliphatic carbocycles. The minimum atomic E-state index is -0.179. The number of thiazole rings is 1. The maximum Gasteiger partial charge on any atom is 0.321 e. The van der Waals surface area contributed by atoms with Gasteiger partial charge in [0.05, 0.1) is 16.8 Å². The molecule has 1 N–H and O–H groups in total. The summed E-state index contributed by atoms with van der Waals surface area (Å²) < 4.78 is 1.13. The average molecular weight is 332 g/mol. The lowest BCUT2D eigenvalue weighted by molar-refractivity contribution is 0.220. The van der Waals surface area contributed by atoms with Gasteiger partial charge in [0.25, 0.3) is 0 Å². The highest BCUT2D eigenvalue weighted by molar-refractivity contribution is 7.18. The zero-order valence-corrected chi connectivity index (χ0v) is 13.5. The summed E-state index contributed by atoms with van der Waals surface area (Å²) in [6, 6.07) is 14.8. The van der Waals surface area contributed by atoms with Crippen molar-refractivity contribution in [3.8, 4) is 0 Å². The quantitative estimate of drug-likeness (QED) is 0.761. The molecule has 0 spiro atoms. The van der Waals surface area contributed by atoms with E-state index < -0.39 is 0 Å². The number of hydrogen-bond acceptors (Lipinski definition) is 3. The predicted octanol–water partition coefficient (Wildman–Crippen LogP) is 4.61. The van der Waals surface area contributed by atoms with Gasteiger partial charge in [0.15, 0.2) is 0 Å². The Morgan fingerprint density at radius 3 is 2.68 bits per heavy atom. The summed E-state index contributed by atoms with van der Waals surface area (Å²) in [6.45, 7) is 0.471. The van der Waals surface area contributed by atoms with Gasteiger partial charge in [0, 0.05) is 17.8 Å². The van der Waals surface area contributed by atoms with Gasteiger partial charge in [0.2, 0.25) is 0 Å². The van der Waals surface area contributed by atoms with Crippen molar-refractivity contribution in [2.75, 3.05) is 12.4 Å². The molecule has 0 aliphatic rings. The summed E-state index contributed by atoms with van der Waals surface area (Å²) in [6.07, 6.45) is 0. The molecule has 3 rings (SSSR count). The summed E-state index contributed by atoms with van der Waals surface area (Å²) in [7, 11) is 1.75. The summed E-state index contributed by atoms with van der Waals surface area (Å²) in [5.74, 6) is 0. The largest absolute Gasteiger partial charge is 0.321 e. The number of halogens is 1. The van der Waals surface area contributed by atoms with Crippen LogP contribution in [0.2, 0.25) is 5.02 Å². The number of urea groups is 1. The second-order valence-electron chi connectivity index (χ2n) is 4.87. The van der Waals surface area contributed by atoms with E-state index >= 15 is 0 Å². The normalized spacial score (nSPS) is 10.6. The van der Waals surface area contributed by atoms with Gasteiger partial charge >= 0.3 is 6.03 Å². The highest BCUT2D eigenvalue weighted by Gasteiger charge is 2.12. The van der Waals surface area contributed by atoms with Crippen molar-refractivity contribution in [1.82, 2.24) is 9.88 Å². The molecule has 6 heteroatoms. The Labute approximate surface area is 137 Å². The van der Waals surface area contributed by atoms with Crippen molar-refractivity contribution in [3.05, 3.63) is 58.6 Å². The van der Waals surface area contributed by atoms with Gasteiger partial charge < -0.3 is 10.2 Å². The molecule has 0 bridgehead atoms. The Morgan fingerprint density at radius 1 is 1.23 bits per heavy atom. The number of aromatic nitrogens is 1. The zero-order valence-electron chi connectivity index (χ0n) is 11.9. The maximum atomic E-state index is 12.2. The minimum absolute atomic E-state index is 0.179. The smallest absolute Gasteiger partial charge is 0.321 e. The third kappa shape index (κ3) is 3.37. The van der Waals surface area contributed by atoms with Crippen molar-refractivity contribution in [2.45, 2.75) is 6.54 Å². The van der Waals surface area contributed by atoms with Crippen LogP contribution in [0, 0.1) is 0 Å². The number of amides is 2. The van der Waals surface area contributed by atoms with Crippen LogP contribution in [0.4, 0.5) is 10.5 Å². The topological polar surface area (TPSA) is 45.2 Å². The van der Waals surface area contributed by atoms with Crippen LogP contribution in [0.25, 0.3) is 10.2 Å². The first kappa shape index (κ1) is 14.8. The third-order valence-electron chi connectivity index (χ3n) is 3.15. The highest BCUT2D eigenvalue weighted by atomic mass is 35.5. The van der Waals surface area contributed by atoms with Gasteiger partial charge in [0.1, 0.15) is 5.01 Å². The van der Waals surface area contributed by atoms with Gasteiger partial charge in [-0.15, -0.1) is 11.3 Å². The van der Waals surface area contributed by atoms with Gasteiger partial charge in [-0.1, -0.05) is 23.7 Å². The highest BCUT2D eigenvalue weighted by Crippen LogP contribution is 2.22. The Bertz CT molecular complexity index is 768. The van der Waals surface area contributed by atoms with Crippen molar-refractivity contribution in [1.29, 1.82) is 0 Å². The fourth-order valence-corrected chi connectivity index (χ4v) is 3.16. The van der Waals surface area contributed by atoms with Crippen molar-refractivity contribution in [3.63, 3.8) is 0 Å². The van der Waals surface area contributed by atoms with Crippen LogP contribution in [0.5, 0.6) is 0 Å². The van der Waals surface area contributed by atoms with Gasteiger partial charge in [-0.05, 0) is 36.4 Å². The zero-order chi connectivity index (χ0) is 15.5. The molecular weight excluding hydrogens is 318 g/mol. The summed E-state index contributed by atoms with van der Waals surface area (Å²) in [4.78, 5) is 18.3. The van der Waals surface area contributed by atoms with E-state index in [2.05, 4.69) is 10.3 Å². The van der Waals surface area contributed by atoms with Crippen LogP contribution in [-0.4, -0.2) is 23.0 Å². The number of hydrogen-bond donors (Lipinski definition) is 1. The molecule has 1 aromatic heterocycles. The number of benzene rings is 2. The van der Waals surface area contributed by atoms with E-state index in [9.17, 15) is 4.79 Å². The van der Waals surface area contributed by atoms with Crippen LogP contribution in [0.15, 0.2) is 48.5 Å². The van der Waals surface area contributed by atoms with Gasteiger partial charge in [-0.25, -0.2) is 9.78 Å². The fraction of sp³-hybridized carbons (Fsp3) is 0.125. The summed E-state index contributed by atoms with van der Waals surface area (Å²) in [5, 5.41) is 4.38. The number of carbonyl (C=O) groups excluding carboxylic acids is 1. The molecule has 4 nitrogen and oxygen atoms in total. The van der Waals surface area contributed by atoms with Crippen molar-refractivity contribution < 1.29 is 4.79 Å². The standard InChI is InChI=1S/C16H14ClN3OS/c1-20(16(21)18-12-8-6-11(17)7-9-12)10-15-19-13-4-2-3-5-14(13)22-15/h2-9H,10H2,1H3,(H,18,21). The molecule has 0 aliphatic heterocycles. The number of fused-ring (bicyclic) bond motifs is 1.